The second-order valence-corrected chi connectivity index (χ2v) is 7.72. The van der Waals surface area contributed by atoms with Crippen LogP contribution in [0, 0.1) is 0 Å². The highest BCUT2D eigenvalue weighted by atomic mass is 35.5. The third kappa shape index (κ3) is 4.93. The van der Waals surface area contributed by atoms with Crippen molar-refractivity contribution in [3.8, 4) is 11.3 Å². The molecule has 0 fully saturated rings. The molecule has 2 N–H and O–H groups in total. The molecule has 2 aromatic carbocycles. The molecule has 7 heteroatoms. The molecule has 0 radical (unpaired) electrons. The molecule has 1 amide bonds. The fourth-order valence-electron chi connectivity index (χ4n) is 2.57. The molecule has 28 heavy (non-hydrogen) atoms. The molecule has 144 valence electrons. The van der Waals surface area contributed by atoms with Crippen molar-refractivity contribution >= 4 is 52.1 Å². The first kappa shape index (κ1) is 20.4. The lowest BCUT2D eigenvalue weighted by Gasteiger charge is -2.10. The number of hydrogen-bond acceptors (Lipinski definition) is 3. The van der Waals surface area contributed by atoms with Crippen LogP contribution in [-0.2, 0) is 0 Å². The van der Waals surface area contributed by atoms with Crippen LogP contribution >= 0.6 is 35.4 Å². The highest BCUT2D eigenvalue weighted by molar-refractivity contribution is 7.80. The van der Waals surface area contributed by atoms with Gasteiger partial charge in [0.1, 0.15) is 5.76 Å². The Morgan fingerprint density at radius 3 is 2.39 bits per heavy atom. The molecule has 0 spiro atoms. The van der Waals surface area contributed by atoms with E-state index in [1.54, 1.807) is 30.3 Å². The van der Waals surface area contributed by atoms with Crippen LogP contribution in [0.15, 0.2) is 59.0 Å². The minimum absolute atomic E-state index is 0.125. The van der Waals surface area contributed by atoms with Gasteiger partial charge >= 0.3 is 0 Å². The summed E-state index contributed by atoms with van der Waals surface area (Å²) in [6, 6.07) is 16.2. The maximum absolute atomic E-state index is 12.4. The number of anilines is 1. The molecule has 0 saturated carbocycles. The predicted molar refractivity (Wildman–Crippen MR) is 118 cm³/mol. The van der Waals surface area contributed by atoms with Crippen LogP contribution < -0.4 is 10.6 Å². The van der Waals surface area contributed by atoms with Gasteiger partial charge < -0.3 is 9.73 Å². The van der Waals surface area contributed by atoms with Crippen molar-refractivity contribution in [2.24, 2.45) is 0 Å². The van der Waals surface area contributed by atoms with E-state index >= 15 is 0 Å². The summed E-state index contributed by atoms with van der Waals surface area (Å²) in [4.78, 5) is 12.4. The molecule has 0 bridgehead atoms. The van der Waals surface area contributed by atoms with Crippen LogP contribution in [0.25, 0.3) is 11.3 Å². The molecule has 3 aromatic rings. The van der Waals surface area contributed by atoms with Crippen molar-refractivity contribution < 1.29 is 9.21 Å². The summed E-state index contributed by atoms with van der Waals surface area (Å²) < 4.78 is 5.62. The van der Waals surface area contributed by atoms with Gasteiger partial charge in [0.2, 0.25) is 0 Å². The smallest absolute Gasteiger partial charge is 0.293 e. The second-order valence-electron chi connectivity index (χ2n) is 6.47. The van der Waals surface area contributed by atoms with E-state index in [0.717, 1.165) is 5.69 Å². The van der Waals surface area contributed by atoms with Gasteiger partial charge in [0.15, 0.2) is 10.9 Å². The first-order chi connectivity index (χ1) is 13.3. The summed E-state index contributed by atoms with van der Waals surface area (Å²) in [6.07, 6.45) is 0. The maximum atomic E-state index is 12.4. The monoisotopic (exact) mass is 432 g/mol. The largest absolute Gasteiger partial charge is 0.451 e. The van der Waals surface area contributed by atoms with Gasteiger partial charge in [-0.2, -0.15) is 0 Å². The minimum atomic E-state index is -0.451. The molecule has 0 aliphatic heterocycles. The molecule has 0 aliphatic carbocycles. The van der Waals surface area contributed by atoms with Crippen LogP contribution in [-0.4, -0.2) is 11.0 Å². The van der Waals surface area contributed by atoms with Gasteiger partial charge in [-0.25, -0.2) is 0 Å². The topological polar surface area (TPSA) is 54.3 Å². The summed E-state index contributed by atoms with van der Waals surface area (Å²) >= 11 is 17.3. The number of benzene rings is 2. The van der Waals surface area contributed by atoms with Crippen LogP contribution in [0.2, 0.25) is 10.0 Å². The Bertz CT molecular complexity index is 1010. The number of rotatable bonds is 4. The SMILES string of the molecule is CC(C)c1ccc(NC(=S)NC(=O)c2ccc(-c3ccc(Cl)cc3Cl)o2)cc1. The van der Waals surface area contributed by atoms with E-state index in [-0.39, 0.29) is 10.9 Å². The Labute approximate surface area is 178 Å². The Hall–Kier alpha value is -2.34. The average molecular weight is 433 g/mol. The zero-order valence-electron chi connectivity index (χ0n) is 15.3. The molecule has 0 saturated heterocycles. The lowest BCUT2D eigenvalue weighted by molar-refractivity contribution is 0.0951. The zero-order valence-corrected chi connectivity index (χ0v) is 17.6. The second kappa shape index (κ2) is 8.78. The van der Waals surface area contributed by atoms with Crippen molar-refractivity contribution in [3.05, 3.63) is 76.0 Å². The standard InChI is InChI=1S/C21H18Cl2N2O2S/c1-12(2)13-3-6-15(7-4-13)24-21(28)25-20(26)19-10-9-18(27-19)16-8-5-14(22)11-17(16)23/h3-12H,1-2H3,(H2,24,25,26,28). The molecular weight excluding hydrogens is 415 g/mol. The molecule has 0 unspecified atom stereocenters. The zero-order chi connectivity index (χ0) is 20.3. The first-order valence-corrected chi connectivity index (χ1v) is 9.77. The molecule has 1 heterocycles. The lowest BCUT2D eigenvalue weighted by Crippen LogP contribution is -2.33. The van der Waals surface area contributed by atoms with Gasteiger partial charge in [-0.05, 0) is 66.2 Å². The molecule has 1 aromatic heterocycles. The van der Waals surface area contributed by atoms with E-state index in [2.05, 4.69) is 24.5 Å². The Kier molecular flexibility index (Phi) is 6.39. The highest BCUT2D eigenvalue weighted by Crippen LogP contribution is 2.31. The number of hydrogen-bond donors (Lipinski definition) is 2. The predicted octanol–water partition coefficient (Wildman–Crippen LogP) is 6.50. The first-order valence-electron chi connectivity index (χ1n) is 8.61. The summed E-state index contributed by atoms with van der Waals surface area (Å²) in [5.41, 5.74) is 2.67. The van der Waals surface area contributed by atoms with Crippen LogP contribution in [0.3, 0.4) is 0 Å². The van der Waals surface area contributed by atoms with E-state index in [4.69, 9.17) is 39.8 Å². The normalized spacial score (nSPS) is 10.8. The van der Waals surface area contributed by atoms with E-state index in [1.165, 1.54) is 5.56 Å². The molecule has 0 aliphatic rings. The van der Waals surface area contributed by atoms with Crippen molar-refractivity contribution in [3.63, 3.8) is 0 Å². The highest BCUT2D eigenvalue weighted by Gasteiger charge is 2.15. The number of nitrogens with one attached hydrogen (secondary N) is 2. The van der Waals surface area contributed by atoms with Gasteiger partial charge in [-0.3, -0.25) is 10.1 Å². The van der Waals surface area contributed by atoms with E-state index in [1.807, 2.05) is 24.3 Å². The number of thiocarbonyl (C=S) groups is 1. The number of halogens is 2. The van der Waals surface area contributed by atoms with Crippen LogP contribution in [0.4, 0.5) is 5.69 Å². The minimum Gasteiger partial charge on any atom is -0.451 e. The van der Waals surface area contributed by atoms with Crippen molar-refractivity contribution in [2.75, 3.05) is 5.32 Å². The lowest BCUT2D eigenvalue weighted by atomic mass is 10.0. The third-order valence-corrected chi connectivity index (χ3v) is 4.84. The Morgan fingerprint density at radius 2 is 1.75 bits per heavy atom. The number of carbonyl (C=O) groups is 1. The maximum Gasteiger partial charge on any atom is 0.293 e. The molecule has 0 atom stereocenters. The van der Waals surface area contributed by atoms with Gasteiger partial charge in [0.05, 0.1) is 5.02 Å². The van der Waals surface area contributed by atoms with Crippen molar-refractivity contribution in [1.82, 2.24) is 5.32 Å². The molecule has 4 nitrogen and oxygen atoms in total. The van der Waals surface area contributed by atoms with Crippen LogP contribution in [0.1, 0.15) is 35.9 Å². The summed E-state index contributed by atoms with van der Waals surface area (Å²) in [6.45, 7) is 4.25. The molecule has 3 rings (SSSR count). The van der Waals surface area contributed by atoms with Gasteiger partial charge in [0, 0.05) is 16.3 Å². The summed E-state index contributed by atoms with van der Waals surface area (Å²) in [5.74, 6) is 0.589. The van der Waals surface area contributed by atoms with E-state index in [9.17, 15) is 4.79 Å². The quantitative estimate of drug-likeness (QED) is 0.461. The van der Waals surface area contributed by atoms with Crippen molar-refractivity contribution in [1.29, 1.82) is 0 Å². The fourth-order valence-corrected chi connectivity index (χ4v) is 3.28. The Balaban J connectivity index is 1.64. The van der Waals surface area contributed by atoms with Gasteiger partial charge in [0.25, 0.3) is 5.91 Å². The fraction of sp³-hybridized carbons (Fsp3) is 0.143. The number of amides is 1. The Morgan fingerprint density at radius 1 is 1.04 bits per heavy atom. The summed E-state index contributed by atoms with van der Waals surface area (Å²) in [5, 5.41) is 6.74. The van der Waals surface area contributed by atoms with E-state index < -0.39 is 5.91 Å². The van der Waals surface area contributed by atoms with Crippen LogP contribution in [0.5, 0.6) is 0 Å². The van der Waals surface area contributed by atoms with E-state index in [0.29, 0.717) is 27.3 Å². The van der Waals surface area contributed by atoms with Crippen molar-refractivity contribution in [2.45, 2.75) is 19.8 Å². The number of furan rings is 1. The third-order valence-electron chi connectivity index (χ3n) is 4.09. The average Bonchev–Trinajstić information content (AvgIpc) is 3.12. The number of carbonyl (C=O) groups excluding carboxylic acids is 1. The molecular formula is C21H18Cl2N2O2S. The van der Waals surface area contributed by atoms with Gasteiger partial charge in [-0.1, -0.05) is 49.2 Å². The van der Waals surface area contributed by atoms with Gasteiger partial charge in [-0.15, -0.1) is 0 Å². The summed E-state index contributed by atoms with van der Waals surface area (Å²) in [7, 11) is 0.